The van der Waals surface area contributed by atoms with Gasteiger partial charge in [-0.25, -0.2) is 17.5 Å². The molecule has 1 heterocycles. The van der Waals surface area contributed by atoms with Crippen molar-refractivity contribution in [1.82, 2.24) is 9.62 Å². The van der Waals surface area contributed by atoms with Gasteiger partial charge in [-0.1, -0.05) is 25.7 Å². The van der Waals surface area contributed by atoms with Crippen molar-refractivity contribution in [3.8, 4) is 0 Å². The van der Waals surface area contributed by atoms with Gasteiger partial charge in [0.05, 0.1) is 16.2 Å². The van der Waals surface area contributed by atoms with E-state index >= 15 is 0 Å². The molecule has 2 rings (SSSR count). The SMILES string of the molecule is O=C1CN(SS(=O)(=O)C2CCCCCC2)C(=O)N1. The Labute approximate surface area is 110 Å². The molecular formula is C10H16N2O4S2. The maximum absolute atomic E-state index is 12.2. The molecule has 0 aromatic heterocycles. The smallest absolute Gasteiger partial charge is 0.276 e. The first-order valence-corrected chi connectivity index (χ1v) is 8.87. The zero-order chi connectivity index (χ0) is 13.2. The minimum absolute atomic E-state index is 0.185. The molecule has 0 aromatic carbocycles. The van der Waals surface area contributed by atoms with Crippen LogP contribution < -0.4 is 5.32 Å². The van der Waals surface area contributed by atoms with E-state index in [4.69, 9.17) is 0 Å². The quantitative estimate of drug-likeness (QED) is 0.366. The van der Waals surface area contributed by atoms with Crippen molar-refractivity contribution in [1.29, 1.82) is 0 Å². The number of hydrogen-bond acceptors (Lipinski definition) is 5. The molecule has 102 valence electrons. The Morgan fingerprint density at radius 3 is 2.22 bits per heavy atom. The normalized spacial score (nSPS) is 23.0. The highest BCUT2D eigenvalue weighted by atomic mass is 33.1. The number of amides is 3. The van der Waals surface area contributed by atoms with E-state index in [0.717, 1.165) is 30.0 Å². The number of imide groups is 1. The van der Waals surface area contributed by atoms with Crippen LogP contribution in [0.1, 0.15) is 38.5 Å². The second kappa shape index (κ2) is 5.48. The Balaban J connectivity index is 2.02. The van der Waals surface area contributed by atoms with Crippen LogP contribution in [0.3, 0.4) is 0 Å². The van der Waals surface area contributed by atoms with Gasteiger partial charge in [0, 0.05) is 0 Å². The molecule has 2 aliphatic rings. The molecule has 2 fully saturated rings. The van der Waals surface area contributed by atoms with Gasteiger partial charge >= 0.3 is 6.03 Å². The Kier molecular flexibility index (Phi) is 4.16. The van der Waals surface area contributed by atoms with Gasteiger partial charge in [-0.15, -0.1) is 0 Å². The van der Waals surface area contributed by atoms with E-state index in [1.807, 2.05) is 0 Å². The number of carbonyl (C=O) groups excluding carboxylic acids is 2. The van der Waals surface area contributed by atoms with Crippen LogP contribution in [-0.4, -0.2) is 36.5 Å². The lowest BCUT2D eigenvalue weighted by atomic mass is 10.2. The third kappa shape index (κ3) is 3.17. The van der Waals surface area contributed by atoms with E-state index in [0.29, 0.717) is 23.8 Å². The topological polar surface area (TPSA) is 83.6 Å². The van der Waals surface area contributed by atoms with E-state index < -0.39 is 26.1 Å². The minimum Gasteiger partial charge on any atom is -0.276 e. The van der Waals surface area contributed by atoms with E-state index in [9.17, 15) is 18.0 Å². The van der Waals surface area contributed by atoms with E-state index in [1.165, 1.54) is 0 Å². The summed E-state index contributed by atoms with van der Waals surface area (Å²) in [5.41, 5.74) is 0. The van der Waals surface area contributed by atoms with Crippen molar-refractivity contribution in [3.63, 3.8) is 0 Å². The van der Waals surface area contributed by atoms with Crippen LogP contribution in [0.15, 0.2) is 0 Å². The summed E-state index contributed by atoms with van der Waals surface area (Å²) in [7, 11) is -2.91. The molecule has 3 amide bonds. The number of carbonyl (C=O) groups is 2. The summed E-state index contributed by atoms with van der Waals surface area (Å²) in [5.74, 6) is -0.455. The molecule has 1 aliphatic carbocycles. The van der Waals surface area contributed by atoms with Gasteiger partial charge in [-0.05, 0) is 12.8 Å². The largest absolute Gasteiger partial charge is 0.335 e. The van der Waals surface area contributed by atoms with Crippen molar-refractivity contribution < 1.29 is 18.0 Å². The van der Waals surface area contributed by atoms with Crippen LogP contribution in [0.4, 0.5) is 4.79 Å². The molecule has 1 saturated carbocycles. The highest BCUT2D eigenvalue weighted by molar-refractivity contribution is 8.71. The molecule has 6 nitrogen and oxygen atoms in total. The van der Waals surface area contributed by atoms with Crippen LogP contribution in [0.2, 0.25) is 0 Å². The first-order valence-electron chi connectivity index (χ1n) is 6.04. The Morgan fingerprint density at radius 2 is 1.72 bits per heavy atom. The molecule has 8 heteroatoms. The fourth-order valence-electron chi connectivity index (χ4n) is 2.20. The van der Waals surface area contributed by atoms with Crippen molar-refractivity contribution in [2.45, 2.75) is 43.8 Å². The number of nitrogens with one attached hydrogen (secondary N) is 1. The molecule has 0 bridgehead atoms. The number of hydrogen-bond donors (Lipinski definition) is 1. The molecule has 0 spiro atoms. The summed E-state index contributed by atoms with van der Waals surface area (Å²) in [6.45, 7) is -0.185. The fraction of sp³-hybridized carbons (Fsp3) is 0.800. The molecule has 1 aliphatic heterocycles. The molecule has 0 unspecified atom stereocenters. The van der Waals surface area contributed by atoms with Crippen LogP contribution in [-0.2, 0) is 13.7 Å². The van der Waals surface area contributed by atoms with Gasteiger partial charge in [0.25, 0.3) is 0 Å². The summed E-state index contributed by atoms with van der Waals surface area (Å²) in [4.78, 5) is 22.3. The third-order valence-electron chi connectivity index (χ3n) is 3.16. The average molecular weight is 292 g/mol. The second-order valence-electron chi connectivity index (χ2n) is 4.57. The van der Waals surface area contributed by atoms with Crippen molar-refractivity contribution >= 4 is 31.8 Å². The zero-order valence-electron chi connectivity index (χ0n) is 9.92. The van der Waals surface area contributed by atoms with Gasteiger partial charge in [0.2, 0.25) is 14.8 Å². The number of urea groups is 1. The van der Waals surface area contributed by atoms with Crippen molar-refractivity contribution in [3.05, 3.63) is 0 Å². The van der Waals surface area contributed by atoms with E-state index in [2.05, 4.69) is 5.32 Å². The Bertz CT molecular complexity index is 441. The van der Waals surface area contributed by atoms with Gasteiger partial charge in [0.1, 0.15) is 6.54 Å². The molecule has 1 N–H and O–H groups in total. The van der Waals surface area contributed by atoms with Crippen molar-refractivity contribution in [2.24, 2.45) is 0 Å². The summed E-state index contributed by atoms with van der Waals surface area (Å²) >= 11 is 0. The van der Waals surface area contributed by atoms with Gasteiger partial charge in [-0.3, -0.25) is 10.1 Å². The average Bonchev–Trinajstić information content (AvgIpc) is 2.55. The monoisotopic (exact) mass is 292 g/mol. The molecule has 18 heavy (non-hydrogen) atoms. The van der Waals surface area contributed by atoms with Crippen LogP contribution in [0, 0.1) is 0 Å². The van der Waals surface area contributed by atoms with E-state index in [1.54, 1.807) is 0 Å². The predicted molar refractivity (Wildman–Crippen MR) is 68.2 cm³/mol. The molecule has 1 saturated heterocycles. The number of nitrogens with zero attached hydrogens (tertiary/aromatic N) is 1. The Morgan fingerprint density at radius 1 is 1.11 bits per heavy atom. The lowest BCUT2D eigenvalue weighted by molar-refractivity contribution is -0.118. The number of rotatable bonds is 3. The summed E-state index contributed by atoms with van der Waals surface area (Å²) < 4.78 is 25.3. The van der Waals surface area contributed by atoms with Gasteiger partial charge in [-0.2, -0.15) is 0 Å². The highest BCUT2D eigenvalue weighted by Gasteiger charge is 2.35. The molecule has 0 aromatic rings. The van der Waals surface area contributed by atoms with Gasteiger partial charge < -0.3 is 0 Å². The minimum atomic E-state index is -3.42. The van der Waals surface area contributed by atoms with Gasteiger partial charge in [0.15, 0.2) is 0 Å². The molecule has 0 radical (unpaired) electrons. The maximum atomic E-state index is 12.2. The van der Waals surface area contributed by atoms with Crippen LogP contribution in [0.25, 0.3) is 0 Å². The summed E-state index contributed by atoms with van der Waals surface area (Å²) in [6.07, 6.45) is 5.27. The predicted octanol–water partition coefficient (Wildman–Crippen LogP) is 1.24. The lowest BCUT2D eigenvalue weighted by Crippen LogP contribution is -2.27. The zero-order valence-corrected chi connectivity index (χ0v) is 11.6. The second-order valence-corrected chi connectivity index (χ2v) is 8.65. The van der Waals surface area contributed by atoms with Crippen LogP contribution in [0.5, 0.6) is 0 Å². The molecule has 0 atom stereocenters. The van der Waals surface area contributed by atoms with Crippen molar-refractivity contribution in [2.75, 3.05) is 6.54 Å². The fourth-order valence-corrected chi connectivity index (χ4v) is 5.82. The lowest BCUT2D eigenvalue weighted by Gasteiger charge is -2.17. The highest BCUT2D eigenvalue weighted by Crippen LogP contribution is 2.32. The summed E-state index contributed by atoms with van der Waals surface area (Å²) in [5, 5.41) is 1.67. The maximum Gasteiger partial charge on any atom is 0.335 e. The first kappa shape index (κ1) is 13.7. The summed E-state index contributed by atoms with van der Waals surface area (Å²) in [6, 6.07) is -0.637. The van der Waals surface area contributed by atoms with Crippen LogP contribution >= 0.6 is 11.0 Å². The molecular weight excluding hydrogens is 276 g/mol. The first-order chi connectivity index (χ1) is 8.49. The standard InChI is InChI=1S/C10H16N2O4S2/c13-9-7-12(10(14)11-9)17-18(15,16)8-5-3-1-2-4-6-8/h8H,1-7H2,(H,11,13,14). The van der Waals surface area contributed by atoms with E-state index in [-0.39, 0.29) is 6.54 Å². The Hall–Kier alpha value is -0.760. The third-order valence-corrected chi connectivity index (χ3v) is 7.11.